The van der Waals surface area contributed by atoms with Gasteiger partial charge < -0.3 is 9.64 Å². The van der Waals surface area contributed by atoms with Gasteiger partial charge in [-0.2, -0.15) is 0 Å². The molecule has 1 amide bonds. The summed E-state index contributed by atoms with van der Waals surface area (Å²) in [6, 6.07) is 0.0312. The Hall–Kier alpha value is -0.900. The first-order valence-corrected chi connectivity index (χ1v) is 3.66. The van der Waals surface area contributed by atoms with E-state index in [1.807, 2.05) is 0 Å². The lowest BCUT2D eigenvalue weighted by atomic mass is 10.2. The van der Waals surface area contributed by atoms with Gasteiger partial charge in [-0.15, -0.1) is 0 Å². The van der Waals surface area contributed by atoms with Crippen LogP contribution in [-0.2, 0) is 14.3 Å². The summed E-state index contributed by atoms with van der Waals surface area (Å²) in [5.41, 5.74) is 0. The van der Waals surface area contributed by atoms with Crippen molar-refractivity contribution in [2.45, 2.75) is 12.5 Å². The average Bonchev–Trinajstić information content (AvgIpc) is 2.31. The van der Waals surface area contributed by atoms with Crippen molar-refractivity contribution < 1.29 is 14.3 Å². The van der Waals surface area contributed by atoms with Gasteiger partial charge in [0.1, 0.15) is 6.61 Å². The molecule has 0 spiro atoms. The molecule has 11 heavy (non-hydrogen) atoms. The maximum absolute atomic E-state index is 11.1. The van der Waals surface area contributed by atoms with Crippen molar-refractivity contribution in [1.82, 2.24) is 4.90 Å². The molecule has 0 aliphatic carbocycles. The van der Waals surface area contributed by atoms with Gasteiger partial charge in [0.15, 0.2) is 5.78 Å². The molecule has 0 N–H and O–H groups in total. The first-order chi connectivity index (χ1) is 5.27. The van der Waals surface area contributed by atoms with Gasteiger partial charge in [0.2, 0.25) is 5.91 Å². The highest BCUT2D eigenvalue weighted by atomic mass is 16.5. The minimum Gasteiger partial charge on any atom is -0.369 e. The number of fused-ring (bicyclic) bond motifs is 1. The van der Waals surface area contributed by atoms with Gasteiger partial charge in [0, 0.05) is 6.42 Å². The van der Waals surface area contributed by atoms with Gasteiger partial charge >= 0.3 is 0 Å². The Morgan fingerprint density at radius 1 is 1.45 bits per heavy atom. The predicted octanol–water partition coefficient (Wildman–Crippen LogP) is -0.813. The average molecular weight is 155 g/mol. The van der Waals surface area contributed by atoms with Crippen LogP contribution in [0, 0.1) is 0 Å². The quantitative estimate of drug-likeness (QED) is 0.459. The topological polar surface area (TPSA) is 46.6 Å². The van der Waals surface area contributed by atoms with E-state index in [9.17, 15) is 9.59 Å². The van der Waals surface area contributed by atoms with Gasteiger partial charge in [0.25, 0.3) is 0 Å². The number of morpholine rings is 1. The van der Waals surface area contributed by atoms with E-state index in [2.05, 4.69) is 0 Å². The Labute approximate surface area is 64.1 Å². The van der Waals surface area contributed by atoms with E-state index in [4.69, 9.17) is 4.74 Å². The zero-order chi connectivity index (χ0) is 7.84. The van der Waals surface area contributed by atoms with Crippen molar-refractivity contribution in [1.29, 1.82) is 0 Å². The number of nitrogens with zero attached hydrogens (tertiary/aromatic N) is 1. The maximum atomic E-state index is 11.1. The van der Waals surface area contributed by atoms with Crippen LogP contribution >= 0.6 is 0 Å². The van der Waals surface area contributed by atoms with Crippen LogP contribution in [0.15, 0.2) is 0 Å². The summed E-state index contributed by atoms with van der Waals surface area (Å²) >= 11 is 0. The molecule has 2 saturated heterocycles. The lowest BCUT2D eigenvalue weighted by molar-refractivity contribution is -0.145. The van der Waals surface area contributed by atoms with E-state index >= 15 is 0 Å². The third-order valence-electron chi connectivity index (χ3n) is 2.11. The number of carbonyl (C=O) groups is 2. The molecule has 60 valence electrons. The second-order valence-corrected chi connectivity index (χ2v) is 2.93. The molecular formula is C7H9NO3. The fraction of sp³-hybridized carbons (Fsp3) is 0.714. The largest absolute Gasteiger partial charge is 0.369 e. The molecule has 2 aliphatic heterocycles. The number of amides is 1. The van der Waals surface area contributed by atoms with Gasteiger partial charge in [-0.3, -0.25) is 9.59 Å². The normalized spacial score (nSPS) is 30.9. The van der Waals surface area contributed by atoms with Crippen molar-refractivity contribution in [2.24, 2.45) is 0 Å². The van der Waals surface area contributed by atoms with Gasteiger partial charge in [-0.25, -0.2) is 0 Å². The van der Waals surface area contributed by atoms with Crippen molar-refractivity contribution >= 4 is 11.7 Å². The van der Waals surface area contributed by atoms with Crippen molar-refractivity contribution in [3.63, 3.8) is 0 Å². The number of hydrogen-bond donors (Lipinski definition) is 0. The molecule has 0 bridgehead atoms. The minimum absolute atomic E-state index is 0.0312. The molecule has 2 fully saturated rings. The molecule has 2 rings (SSSR count). The Morgan fingerprint density at radius 2 is 2.27 bits per heavy atom. The maximum Gasteiger partial charge on any atom is 0.249 e. The third kappa shape index (κ3) is 1.03. The molecule has 1 atom stereocenters. The molecule has 0 saturated carbocycles. The van der Waals surface area contributed by atoms with Crippen LogP contribution in [0.1, 0.15) is 6.42 Å². The van der Waals surface area contributed by atoms with E-state index in [1.165, 1.54) is 0 Å². The summed E-state index contributed by atoms with van der Waals surface area (Å²) in [5, 5.41) is 0. The van der Waals surface area contributed by atoms with Crippen molar-refractivity contribution in [3.05, 3.63) is 0 Å². The van der Waals surface area contributed by atoms with Crippen LogP contribution in [0.3, 0.4) is 0 Å². The molecule has 0 aromatic heterocycles. The monoisotopic (exact) mass is 155 g/mol. The van der Waals surface area contributed by atoms with Gasteiger partial charge in [-0.05, 0) is 0 Å². The molecule has 4 heteroatoms. The summed E-state index contributed by atoms with van der Waals surface area (Å²) in [7, 11) is 0. The number of carbonyl (C=O) groups excluding carboxylic acids is 2. The van der Waals surface area contributed by atoms with Crippen LogP contribution in [0.5, 0.6) is 0 Å². The zero-order valence-corrected chi connectivity index (χ0v) is 6.08. The Balaban J connectivity index is 2.15. The predicted molar refractivity (Wildman–Crippen MR) is 35.9 cm³/mol. The first kappa shape index (κ1) is 6.79. The number of Topliss-reactive ketones (excluding diaryl/α,β-unsaturated/α-hetero) is 1. The van der Waals surface area contributed by atoms with Gasteiger partial charge in [0.05, 0.1) is 19.2 Å². The fourth-order valence-electron chi connectivity index (χ4n) is 1.56. The summed E-state index contributed by atoms with van der Waals surface area (Å²) in [6.07, 6.45) is 0.478. The standard InChI is InChI=1S/C7H9NO3/c9-6-1-5-3-11-4-7(10)8(5)2-6/h5H,1-4H2/t5-/m1/s1. The number of rotatable bonds is 0. The van der Waals surface area contributed by atoms with Crippen LogP contribution in [0.25, 0.3) is 0 Å². The second kappa shape index (κ2) is 2.30. The minimum atomic E-state index is -0.0490. The third-order valence-corrected chi connectivity index (χ3v) is 2.11. The Kier molecular flexibility index (Phi) is 1.42. The van der Waals surface area contributed by atoms with E-state index in [-0.39, 0.29) is 24.3 Å². The summed E-state index contributed by atoms with van der Waals surface area (Å²) in [6.45, 7) is 0.966. The van der Waals surface area contributed by atoms with E-state index in [1.54, 1.807) is 4.90 Å². The number of ether oxygens (including phenoxy) is 1. The molecule has 0 unspecified atom stereocenters. The van der Waals surface area contributed by atoms with E-state index in [0.29, 0.717) is 19.6 Å². The second-order valence-electron chi connectivity index (χ2n) is 2.93. The highest BCUT2D eigenvalue weighted by Crippen LogP contribution is 2.18. The molecule has 4 nitrogen and oxygen atoms in total. The van der Waals surface area contributed by atoms with Crippen LogP contribution in [-0.4, -0.2) is 42.4 Å². The molecular weight excluding hydrogens is 146 g/mol. The SMILES string of the molecule is O=C1C[C@@H]2COCC(=O)N2C1. The summed E-state index contributed by atoms with van der Waals surface area (Å²) in [5.74, 6) is 0.0981. The van der Waals surface area contributed by atoms with E-state index in [0.717, 1.165) is 0 Å². The highest BCUT2D eigenvalue weighted by Gasteiger charge is 2.36. The molecule has 2 aliphatic rings. The number of hydrogen-bond acceptors (Lipinski definition) is 3. The first-order valence-electron chi connectivity index (χ1n) is 3.66. The van der Waals surface area contributed by atoms with Crippen LogP contribution in [0.2, 0.25) is 0 Å². The fourth-order valence-corrected chi connectivity index (χ4v) is 1.56. The highest BCUT2D eigenvalue weighted by molar-refractivity contribution is 5.91. The Bertz CT molecular complexity index is 214. The lowest BCUT2D eigenvalue weighted by Gasteiger charge is -2.28. The Morgan fingerprint density at radius 3 is 3.00 bits per heavy atom. The van der Waals surface area contributed by atoms with Gasteiger partial charge in [-0.1, -0.05) is 0 Å². The zero-order valence-electron chi connectivity index (χ0n) is 6.08. The van der Waals surface area contributed by atoms with Crippen LogP contribution < -0.4 is 0 Å². The van der Waals surface area contributed by atoms with Crippen molar-refractivity contribution in [3.8, 4) is 0 Å². The number of ketones is 1. The summed E-state index contributed by atoms with van der Waals surface area (Å²) < 4.78 is 5.00. The van der Waals surface area contributed by atoms with Crippen molar-refractivity contribution in [2.75, 3.05) is 19.8 Å². The van der Waals surface area contributed by atoms with Crippen LogP contribution in [0.4, 0.5) is 0 Å². The molecule has 0 aromatic rings. The smallest absolute Gasteiger partial charge is 0.249 e. The molecule has 0 aromatic carbocycles. The molecule has 2 heterocycles. The lowest BCUT2D eigenvalue weighted by Crippen LogP contribution is -2.45. The molecule has 0 radical (unpaired) electrons. The van der Waals surface area contributed by atoms with E-state index < -0.39 is 0 Å². The summed E-state index contributed by atoms with van der Waals surface area (Å²) in [4.78, 5) is 23.6.